The van der Waals surface area contributed by atoms with Crippen LogP contribution in [0.4, 0.5) is 0 Å². The maximum atomic E-state index is 11.2. The minimum absolute atomic E-state index is 0.0488. The first-order valence-electron chi connectivity index (χ1n) is 6.55. The van der Waals surface area contributed by atoms with Crippen LogP contribution in [-0.2, 0) is 6.42 Å². The number of furan rings is 1. The fourth-order valence-corrected chi connectivity index (χ4v) is 2.48. The van der Waals surface area contributed by atoms with E-state index in [0.717, 1.165) is 22.1 Å². The Hall–Kier alpha value is -2.55. The molecule has 0 unspecified atom stereocenters. The number of fused-ring (bicyclic) bond motifs is 1. The molecule has 0 aliphatic carbocycles. The Kier molecular flexibility index (Phi) is 3.03. The molecular formula is C17H14O3. The van der Waals surface area contributed by atoms with Crippen LogP contribution in [0.2, 0.25) is 0 Å². The zero-order valence-corrected chi connectivity index (χ0v) is 11.1. The lowest BCUT2D eigenvalue weighted by Crippen LogP contribution is -1.97. The summed E-state index contributed by atoms with van der Waals surface area (Å²) in [6.45, 7) is 1.94. The number of hydrogen-bond acceptors (Lipinski definition) is 2. The van der Waals surface area contributed by atoms with Crippen molar-refractivity contribution in [2.75, 3.05) is 0 Å². The van der Waals surface area contributed by atoms with Gasteiger partial charge in [0.2, 0.25) is 5.76 Å². The largest absolute Gasteiger partial charge is 0.475 e. The highest BCUT2D eigenvalue weighted by molar-refractivity contribution is 5.96. The van der Waals surface area contributed by atoms with Crippen molar-refractivity contribution in [1.82, 2.24) is 0 Å². The Morgan fingerprint density at radius 1 is 1.10 bits per heavy atom. The number of carbonyl (C=O) groups is 1. The van der Waals surface area contributed by atoms with Crippen LogP contribution in [0.15, 0.2) is 52.9 Å². The monoisotopic (exact) mass is 266 g/mol. The molecule has 0 fully saturated rings. The van der Waals surface area contributed by atoms with E-state index in [2.05, 4.69) is 0 Å². The topological polar surface area (TPSA) is 50.4 Å². The molecule has 3 nitrogen and oxygen atoms in total. The molecule has 3 rings (SSSR count). The number of aromatic carboxylic acids is 1. The molecule has 2 aromatic carbocycles. The van der Waals surface area contributed by atoms with E-state index in [1.165, 1.54) is 0 Å². The van der Waals surface area contributed by atoms with Gasteiger partial charge in [-0.1, -0.05) is 43.3 Å². The molecule has 0 radical (unpaired) electrons. The standard InChI is InChI=1S/C17H14O3/c1-2-13-14-10-12(11-6-4-3-5-7-11)8-9-15(14)20-16(13)17(18)19/h3-10H,2H2,1H3,(H,18,19). The molecule has 0 saturated heterocycles. The third kappa shape index (κ3) is 1.97. The van der Waals surface area contributed by atoms with Crippen LogP contribution >= 0.6 is 0 Å². The van der Waals surface area contributed by atoms with Crippen molar-refractivity contribution >= 4 is 16.9 Å². The van der Waals surface area contributed by atoms with Crippen LogP contribution in [0.5, 0.6) is 0 Å². The van der Waals surface area contributed by atoms with E-state index in [-0.39, 0.29) is 5.76 Å². The highest BCUT2D eigenvalue weighted by Gasteiger charge is 2.18. The lowest BCUT2D eigenvalue weighted by Gasteiger charge is -2.01. The van der Waals surface area contributed by atoms with Crippen molar-refractivity contribution in [3.63, 3.8) is 0 Å². The van der Waals surface area contributed by atoms with Gasteiger partial charge >= 0.3 is 5.97 Å². The molecule has 0 amide bonds. The first-order valence-corrected chi connectivity index (χ1v) is 6.55. The molecule has 0 atom stereocenters. The van der Waals surface area contributed by atoms with Gasteiger partial charge in [-0.3, -0.25) is 0 Å². The molecule has 100 valence electrons. The third-order valence-electron chi connectivity index (χ3n) is 3.45. The van der Waals surface area contributed by atoms with Crippen molar-refractivity contribution < 1.29 is 14.3 Å². The highest BCUT2D eigenvalue weighted by Crippen LogP contribution is 2.31. The van der Waals surface area contributed by atoms with Gasteiger partial charge in [-0.25, -0.2) is 4.79 Å². The normalized spacial score (nSPS) is 10.8. The molecule has 0 spiro atoms. The number of carboxylic acids is 1. The van der Waals surface area contributed by atoms with Crippen LogP contribution in [0.25, 0.3) is 22.1 Å². The fraction of sp³-hybridized carbons (Fsp3) is 0.118. The summed E-state index contributed by atoms with van der Waals surface area (Å²) in [6, 6.07) is 15.8. The van der Waals surface area contributed by atoms with Crippen LogP contribution < -0.4 is 0 Å². The quantitative estimate of drug-likeness (QED) is 0.766. The minimum Gasteiger partial charge on any atom is -0.475 e. The SMILES string of the molecule is CCc1c(C(=O)O)oc2ccc(-c3ccccc3)cc12. The summed E-state index contributed by atoms with van der Waals surface area (Å²) < 4.78 is 5.44. The predicted molar refractivity (Wildman–Crippen MR) is 78.0 cm³/mol. The molecular weight excluding hydrogens is 252 g/mol. The van der Waals surface area contributed by atoms with Gasteiger partial charge in [-0.05, 0) is 29.7 Å². The first kappa shape index (κ1) is 12.5. The van der Waals surface area contributed by atoms with Gasteiger partial charge in [0, 0.05) is 10.9 Å². The molecule has 3 heteroatoms. The maximum absolute atomic E-state index is 11.2. The Labute approximate surface area is 116 Å². The average molecular weight is 266 g/mol. The molecule has 20 heavy (non-hydrogen) atoms. The summed E-state index contributed by atoms with van der Waals surface area (Å²) in [4.78, 5) is 11.2. The second-order valence-corrected chi connectivity index (χ2v) is 4.65. The molecule has 0 saturated carbocycles. The zero-order chi connectivity index (χ0) is 14.1. The van der Waals surface area contributed by atoms with E-state index in [9.17, 15) is 9.90 Å². The van der Waals surface area contributed by atoms with Crippen LogP contribution in [-0.4, -0.2) is 11.1 Å². The van der Waals surface area contributed by atoms with Gasteiger partial charge in [0.1, 0.15) is 5.58 Å². The van der Waals surface area contributed by atoms with Gasteiger partial charge in [-0.2, -0.15) is 0 Å². The Bertz CT molecular complexity index is 770. The summed E-state index contributed by atoms with van der Waals surface area (Å²) in [7, 11) is 0. The Morgan fingerprint density at radius 2 is 1.85 bits per heavy atom. The van der Waals surface area contributed by atoms with Gasteiger partial charge in [0.05, 0.1) is 0 Å². The summed E-state index contributed by atoms with van der Waals surface area (Å²) in [6.07, 6.45) is 0.632. The molecule has 0 bridgehead atoms. The Balaban J connectivity index is 2.23. The molecule has 1 heterocycles. The number of carboxylic acid groups (broad SMARTS) is 1. The zero-order valence-electron chi connectivity index (χ0n) is 11.1. The molecule has 1 aromatic heterocycles. The number of aryl methyl sites for hydroxylation is 1. The van der Waals surface area contributed by atoms with Crippen LogP contribution in [0.3, 0.4) is 0 Å². The fourth-order valence-electron chi connectivity index (χ4n) is 2.48. The lowest BCUT2D eigenvalue weighted by atomic mass is 10.0. The maximum Gasteiger partial charge on any atom is 0.372 e. The molecule has 0 aliphatic heterocycles. The summed E-state index contributed by atoms with van der Waals surface area (Å²) in [5, 5.41) is 10.1. The van der Waals surface area contributed by atoms with Crippen LogP contribution in [0.1, 0.15) is 23.0 Å². The van der Waals surface area contributed by atoms with Crippen LogP contribution in [0, 0.1) is 0 Å². The van der Waals surface area contributed by atoms with Crippen molar-refractivity contribution in [2.45, 2.75) is 13.3 Å². The number of benzene rings is 2. The third-order valence-corrected chi connectivity index (χ3v) is 3.45. The molecule has 0 aliphatic rings. The van der Waals surface area contributed by atoms with Crippen molar-refractivity contribution in [2.24, 2.45) is 0 Å². The summed E-state index contributed by atoms with van der Waals surface area (Å²) in [5.41, 5.74) is 3.55. The predicted octanol–water partition coefficient (Wildman–Crippen LogP) is 4.36. The van der Waals surface area contributed by atoms with Gasteiger partial charge in [0.25, 0.3) is 0 Å². The second-order valence-electron chi connectivity index (χ2n) is 4.65. The van der Waals surface area contributed by atoms with E-state index >= 15 is 0 Å². The minimum atomic E-state index is -1.01. The highest BCUT2D eigenvalue weighted by atomic mass is 16.4. The van der Waals surface area contributed by atoms with E-state index in [4.69, 9.17) is 4.42 Å². The van der Waals surface area contributed by atoms with E-state index in [1.54, 1.807) is 0 Å². The van der Waals surface area contributed by atoms with Crippen molar-refractivity contribution in [1.29, 1.82) is 0 Å². The van der Waals surface area contributed by atoms with Crippen molar-refractivity contribution in [3.8, 4) is 11.1 Å². The number of rotatable bonds is 3. The first-order chi connectivity index (χ1) is 9.70. The summed E-state index contributed by atoms with van der Waals surface area (Å²) >= 11 is 0. The number of hydrogen-bond donors (Lipinski definition) is 1. The average Bonchev–Trinajstić information content (AvgIpc) is 2.86. The molecule has 3 aromatic rings. The van der Waals surface area contributed by atoms with Crippen molar-refractivity contribution in [3.05, 3.63) is 59.9 Å². The van der Waals surface area contributed by atoms with E-state index < -0.39 is 5.97 Å². The van der Waals surface area contributed by atoms with Gasteiger partial charge < -0.3 is 9.52 Å². The van der Waals surface area contributed by atoms with E-state index in [1.807, 2.05) is 55.5 Å². The molecule has 1 N–H and O–H groups in total. The van der Waals surface area contributed by atoms with Gasteiger partial charge in [0.15, 0.2) is 0 Å². The lowest BCUT2D eigenvalue weighted by molar-refractivity contribution is 0.0663. The Morgan fingerprint density at radius 3 is 2.50 bits per heavy atom. The summed E-state index contributed by atoms with van der Waals surface area (Å²) in [5.74, 6) is -0.966. The smallest absolute Gasteiger partial charge is 0.372 e. The second kappa shape index (κ2) is 4.85. The van der Waals surface area contributed by atoms with Gasteiger partial charge in [-0.15, -0.1) is 0 Å². The van der Waals surface area contributed by atoms with E-state index in [0.29, 0.717) is 12.0 Å².